The maximum atomic E-state index is 12.1. The minimum absolute atomic E-state index is 0.106. The quantitative estimate of drug-likeness (QED) is 0.803. The number of methoxy groups -OCH3 is 1. The largest absolute Gasteiger partial charge is 0.494 e. The number of hydrogen-bond donors (Lipinski definition) is 2. The number of amides is 1. The number of nitrogens with two attached hydrogens (primary N) is 1. The number of nitrogens with one attached hydrogen (secondary N) is 1. The maximum absolute atomic E-state index is 12.1. The van der Waals surface area contributed by atoms with E-state index < -0.39 is 0 Å². The topological polar surface area (TPSA) is 64.3 Å². The first-order chi connectivity index (χ1) is 8.72. The van der Waals surface area contributed by atoms with Gasteiger partial charge in [-0.15, -0.1) is 0 Å². The van der Waals surface area contributed by atoms with Gasteiger partial charge < -0.3 is 15.8 Å². The van der Waals surface area contributed by atoms with Gasteiger partial charge in [0.25, 0.3) is 5.91 Å². The lowest BCUT2D eigenvalue weighted by atomic mass is 10.1. The third-order valence-corrected chi connectivity index (χ3v) is 3.52. The van der Waals surface area contributed by atoms with Crippen LogP contribution >= 0.6 is 0 Å². The Kier molecular flexibility index (Phi) is 4.07. The Balaban J connectivity index is 2.01. The van der Waals surface area contributed by atoms with Gasteiger partial charge in [-0.05, 0) is 30.9 Å². The summed E-state index contributed by atoms with van der Waals surface area (Å²) in [6.45, 7) is 0.747. The molecule has 0 bridgehead atoms. The third-order valence-electron chi connectivity index (χ3n) is 3.52. The van der Waals surface area contributed by atoms with E-state index in [0.717, 1.165) is 6.54 Å². The molecule has 0 atom stereocenters. The lowest BCUT2D eigenvalue weighted by Crippen LogP contribution is -2.28. The summed E-state index contributed by atoms with van der Waals surface area (Å²) in [5.41, 5.74) is 6.78. The van der Waals surface area contributed by atoms with Gasteiger partial charge in [-0.1, -0.05) is 18.9 Å². The van der Waals surface area contributed by atoms with Crippen molar-refractivity contribution in [2.24, 2.45) is 5.92 Å². The van der Waals surface area contributed by atoms with E-state index in [0.29, 0.717) is 22.9 Å². The number of rotatable bonds is 4. The second-order valence-electron chi connectivity index (χ2n) is 4.79. The van der Waals surface area contributed by atoms with Gasteiger partial charge >= 0.3 is 0 Å². The van der Waals surface area contributed by atoms with E-state index in [4.69, 9.17) is 10.5 Å². The molecule has 0 unspecified atom stereocenters. The summed E-state index contributed by atoms with van der Waals surface area (Å²) >= 11 is 0. The van der Waals surface area contributed by atoms with E-state index in [1.54, 1.807) is 18.2 Å². The highest BCUT2D eigenvalue weighted by molar-refractivity contribution is 5.98. The second-order valence-corrected chi connectivity index (χ2v) is 4.79. The number of anilines is 1. The monoisotopic (exact) mass is 248 g/mol. The van der Waals surface area contributed by atoms with Crippen molar-refractivity contribution < 1.29 is 9.53 Å². The number of nitrogen functional groups attached to an aromatic ring is 1. The molecular formula is C14H20N2O2. The smallest absolute Gasteiger partial charge is 0.255 e. The minimum Gasteiger partial charge on any atom is -0.494 e. The minimum atomic E-state index is -0.106. The summed E-state index contributed by atoms with van der Waals surface area (Å²) in [5.74, 6) is 0.980. The summed E-state index contributed by atoms with van der Waals surface area (Å²) in [6, 6.07) is 5.23. The second kappa shape index (κ2) is 5.76. The summed E-state index contributed by atoms with van der Waals surface area (Å²) in [6.07, 6.45) is 4.99. The molecule has 1 aromatic carbocycles. The van der Waals surface area contributed by atoms with Gasteiger partial charge in [0.05, 0.1) is 18.4 Å². The van der Waals surface area contributed by atoms with Gasteiger partial charge in [0.2, 0.25) is 0 Å². The molecular weight excluding hydrogens is 228 g/mol. The summed E-state index contributed by atoms with van der Waals surface area (Å²) in [7, 11) is 1.53. The number of benzene rings is 1. The fraction of sp³-hybridized carbons (Fsp3) is 0.500. The zero-order chi connectivity index (χ0) is 13.0. The van der Waals surface area contributed by atoms with E-state index in [1.165, 1.54) is 32.8 Å². The highest BCUT2D eigenvalue weighted by Crippen LogP contribution is 2.26. The van der Waals surface area contributed by atoms with Crippen LogP contribution in [0.4, 0.5) is 5.69 Å². The Labute approximate surface area is 108 Å². The Bertz CT molecular complexity index is 426. The van der Waals surface area contributed by atoms with Gasteiger partial charge in [0.15, 0.2) is 5.75 Å². The van der Waals surface area contributed by atoms with Crippen molar-refractivity contribution in [3.63, 3.8) is 0 Å². The molecule has 4 nitrogen and oxygen atoms in total. The number of hydrogen-bond acceptors (Lipinski definition) is 3. The molecule has 0 heterocycles. The maximum Gasteiger partial charge on any atom is 0.255 e. The highest BCUT2D eigenvalue weighted by atomic mass is 16.5. The van der Waals surface area contributed by atoms with E-state index in [1.807, 2.05) is 0 Å². The van der Waals surface area contributed by atoms with Crippen LogP contribution in [0.2, 0.25) is 0 Å². The number of ether oxygens (including phenoxy) is 1. The molecule has 1 aromatic rings. The van der Waals surface area contributed by atoms with Crippen molar-refractivity contribution in [3.8, 4) is 5.75 Å². The fourth-order valence-electron chi connectivity index (χ4n) is 2.51. The molecule has 3 N–H and O–H groups in total. The van der Waals surface area contributed by atoms with Gasteiger partial charge in [-0.2, -0.15) is 0 Å². The van der Waals surface area contributed by atoms with Crippen molar-refractivity contribution in [1.29, 1.82) is 0 Å². The fourth-order valence-corrected chi connectivity index (χ4v) is 2.51. The van der Waals surface area contributed by atoms with Crippen LogP contribution in [0.3, 0.4) is 0 Å². The van der Waals surface area contributed by atoms with Crippen molar-refractivity contribution in [2.75, 3.05) is 19.4 Å². The standard InChI is InChI=1S/C14H20N2O2/c1-18-13-11(7-4-8-12(13)15)14(17)16-9-10-5-2-3-6-10/h4,7-8,10H,2-3,5-6,9,15H2,1H3,(H,16,17). The molecule has 1 fully saturated rings. The van der Waals surface area contributed by atoms with Crippen LogP contribution in [0, 0.1) is 5.92 Å². The average Bonchev–Trinajstić information content (AvgIpc) is 2.88. The summed E-state index contributed by atoms with van der Waals surface area (Å²) < 4.78 is 5.18. The molecule has 2 rings (SSSR count). The van der Waals surface area contributed by atoms with Crippen LogP contribution in [-0.4, -0.2) is 19.6 Å². The zero-order valence-corrected chi connectivity index (χ0v) is 10.7. The molecule has 1 aliphatic rings. The number of para-hydroxylation sites is 1. The molecule has 98 valence electrons. The molecule has 0 aliphatic heterocycles. The molecule has 0 radical (unpaired) electrons. The lowest BCUT2D eigenvalue weighted by Gasteiger charge is -2.13. The van der Waals surface area contributed by atoms with Crippen LogP contribution < -0.4 is 15.8 Å². The predicted octanol–water partition coefficient (Wildman–Crippen LogP) is 2.20. The van der Waals surface area contributed by atoms with Gasteiger partial charge in [-0.3, -0.25) is 4.79 Å². The van der Waals surface area contributed by atoms with Crippen molar-refractivity contribution in [2.45, 2.75) is 25.7 Å². The first-order valence-electron chi connectivity index (χ1n) is 6.43. The van der Waals surface area contributed by atoms with Crippen molar-refractivity contribution >= 4 is 11.6 Å². The average molecular weight is 248 g/mol. The Morgan fingerprint density at radius 2 is 2.17 bits per heavy atom. The summed E-state index contributed by atoms with van der Waals surface area (Å²) in [5, 5.41) is 2.97. The van der Waals surface area contributed by atoms with Crippen molar-refractivity contribution in [1.82, 2.24) is 5.32 Å². The third kappa shape index (κ3) is 2.75. The molecule has 1 saturated carbocycles. The van der Waals surface area contributed by atoms with E-state index in [2.05, 4.69) is 5.32 Å². The van der Waals surface area contributed by atoms with Crippen LogP contribution in [0.15, 0.2) is 18.2 Å². The number of carbonyl (C=O) groups excluding carboxylic acids is 1. The van der Waals surface area contributed by atoms with Crippen LogP contribution in [0.25, 0.3) is 0 Å². The Hall–Kier alpha value is -1.71. The Morgan fingerprint density at radius 1 is 1.44 bits per heavy atom. The van der Waals surface area contributed by atoms with Crippen LogP contribution in [-0.2, 0) is 0 Å². The van der Waals surface area contributed by atoms with Crippen LogP contribution in [0.5, 0.6) is 5.75 Å². The lowest BCUT2D eigenvalue weighted by molar-refractivity contribution is 0.0944. The van der Waals surface area contributed by atoms with Gasteiger partial charge in [0.1, 0.15) is 0 Å². The van der Waals surface area contributed by atoms with E-state index in [9.17, 15) is 4.79 Å². The van der Waals surface area contributed by atoms with Gasteiger partial charge in [-0.25, -0.2) is 0 Å². The normalized spacial score (nSPS) is 15.6. The van der Waals surface area contributed by atoms with Gasteiger partial charge in [0, 0.05) is 6.54 Å². The molecule has 18 heavy (non-hydrogen) atoms. The zero-order valence-electron chi connectivity index (χ0n) is 10.7. The summed E-state index contributed by atoms with van der Waals surface area (Å²) in [4.78, 5) is 12.1. The molecule has 0 spiro atoms. The van der Waals surface area contributed by atoms with E-state index in [-0.39, 0.29) is 5.91 Å². The van der Waals surface area contributed by atoms with E-state index >= 15 is 0 Å². The van der Waals surface area contributed by atoms with Crippen molar-refractivity contribution in [3.05, 3.63) is 23.8 Å². The number of carbonyl (C=O) groups is 1. The predicted molar refractivity (Wildman–Crippen MR) is 71.7 cm³/mol. The molecule has 0 saturated heterocycles. The molecule has 4 heteroatoms. The molecule has 1 amide bonds. The first kappa shape index (κ1) is 12.7. The van der Waals surface area contributed by atoms with Crippen LogP contribution in [0.1, 0.15) is 36.0 Å². The Morgan fingerprint density at radius 3 is 2.83 bits per heavy atom. The highest BCUT2D eigenvalue weighted by Gasteiger charge is 2.18. The SMILES string of the molecule is COc1c(N)cccc1C(=O)NCC1CCCC1. The first-order valence-corrected chi connectivity index (χ1v) is 6.43. The molecule has 0 aromatic heterocycles. The molecule has 1 aliphatic carbocycles.